The Hall–Kier alpha value is -4.02. The highest BCUT2D eigenvalue weighted by molar-refractivity contribution is 8.00. The number of anilines is 2. The van der Waals surface area contributed by atoms with E-state index in [1.807, 2.05) is 29.1 Å². The normalized spacial score (nSPS) is 19.6. The Morgan fingerprint density at radius 1 is 1.37 bits per heavy atom. The first-order valence-corrected chi connectivity index (χ1v) is 13.8. The second-order valence-electron chi connectivity index (χ2n) is 8.08. The van der Waals surface area contributed by atoms with Crippen LogP contribution in [0.25, 0.3) is 10.2 Å². The van der Waals surface area contributed by atoms with E-state index >= 15 is 0 Å². The fraction of sp³-hybridized carbons (Fsp3) is 0.227. The van der Waals surface area contributed by atoms with Gasteiger partial charge in [0.25, 0.3) is 11.8 Å². The van der Waals surface area contributed by atoms with Gasteiger partial charge in [0.15, 0.2) is 34.9 Å². The molecule has 38 heavy (non-hydrogen) atoms. The van der Waals surface area contributed by atoms with Gasteiger partial charge >= 0.3 is 5.97 Å². The standard InChI is InChI=1S/C22H20N8O5S3/c1-35-28-14(12-9-37-21(23)26-12)17(31)27-15-18(32)30-16(20(33)34)10(8-36-19(15)30)3-2-5-29-6-4-13-11(7-29)25-22(24)38-13/h2-4,6-7,9,15,19H,5,8H2,1H3,(H5-,23,24,25,26,27,31,33,34)/p+1/b3-2?,28-14-/t15?,19-/m1/s1. The molecule has 5 rings (SSSR count). The Morgan fingerprint density at radius 2 is 2.18 bits per heavy atom. The van der Waals surface area contributed by atoms with E-state index in [0.29, 0.717) is 23.0 Å². The van der Waals surface area contributed by atoms with Crippen molar-refractivity contribution in [2.24, 2.45) is 5.16 Å². The molecule has 2 atom stereocenters. The van der Waals surface area contributed by atoms with Gasteiger partial charge in [-0.15, -0.1) is 23.1 Å². The van der Waals surface area contributed by atoms with Crippen LogP contribution in [-0.4, -0.2) is 67.7 Å². The molecule has 1 unspecified atom stereocenters. The van der Waals surface area contributed by atoms with E-state index in [0.717, 1.165) is 21.6 Å². The van der Waals surface area contributed by atoms with Gasteiger partial charge in [0, 0.05) is 17.2 Å². The molecule has 1 saturated heterocycles. The van der Waals surface area contributed by atoms with Crippen molar-refractivity contribution in [3.63, 3.8) is 0 Å². The fourth-order valence-electron chi connectivity index (χ4n) is 4.04. The maximum atomic E-state index is 13.0. The first-order valence-electron chi connectivity index (χ1n) is 11.0. The topological polar surface area (TPSA) is 190 Å². The molecule has 0 saturated carbocycles. The Balaban J connectivity index is 1.30. The predicted octanol–water partition coefficient (Wildman–Crippen LogP) is 0.550. The number of oxime groups is 1. The van der Waals surface area contributed by atoms with Crippen molar-refractivity contribution < 1.29 is 28.9 Å². The van der Waals surface area contributed by atoms with Gasteiger partial charge in [-0.1, -0.05) is 22.6 Å². The van der Waals surface area contributed by atoms with Crippen molar-refractivity contribution in [2.45, 2.75) is 18.0 Å². The number of rotatable bonds is 8. The van der Waals surface area contributed by atoms with Gasteiger partial charge < -0.3 is 26.7 Å². The molecule has 0 bridgehead atoms. The van der Waals surface area contributed by atoms with Crippen molar-refractivity contribution in [1.82, 2.24) is 20.2 Å². The van der Waals surface area contributed by atoms with E-state index in [-0.39, 0.29) is 22.2 Å². The molecule has 2 amide bonds. The largest absolute Gasteiger partial charge is 0.477 e. The number of β-lactam (4-membered cyclic amide) rings is 1. The van der Waals surface area contributed by atoms with Gasteiger partial charge in [0.05, 0.1) is 4.70 Å². The maximum absolute atomic E-state index is 13.0. The zero-order valence-corrected chi connectivity index (χ0v) is 22.2. The Morgan fingerprint density at radius 3 is 2.89 bits per heavy atom. The van der Waals surface area contributed by atoms with Crippen LogP contribution >= 0.6 is 34.4 Å². The second kappa shape index (κ2) is 10.4. The van der Waals surface area contributed by atoms with Crippen LogP contribution in [0.3, 0.4) is 0 Å². The number of carbonyl (C=O) groups is 3. The number of carboxylic acids is 1. The molecule has 0 radical (unpaired) electrons. The quantitative estimate of drug-likeness (QED) is 0.128. The molecule has 1 fully saturated rings. The summed E-state index contributed by atoms with van der Waals surface area (Å²) in [6, 6.07) is 0.984. The molecule has 0 aliphatic carbocycles. The van der Waals surface area contributed by atoms with Crippen molar-refractivity contribution in [3.8, 4) is 0 Å². The number of fused-ring (bicyclic) bond motifs is 2. The molecule has 196 valence electrons. The number of pyridine rings is 1. The summed E-state index contributed by atoms with van der Waals surface area (Å²) in [5.74, 6) is -2.10. The van der Waals surface area contributed by atoms with Crippen molar-refractivity contribution in [1.29, 1.82) is 0 Å². The van der Waals surface area contributed by atoms with Gasteiger partial charge in [-0.05, 0) is 11.6 Å². The number of hydrogen-bond donors (Lipinski definition) is 4. The van der Waals surface area contributed by atoms with Crippen molar-refractivity contribution in [3.05, 3.63) is 53.0 Å². The average Bonchev–Trinajstić information content (AvgIpc) is 3.48. The molecule has 3 aromatic heterocycles. The molecule has 0 spiro atoms. The summed E-state index contributed by atoms with van der Waals surface area (Å²) in [7, 11) is 1.28. The second-order valence-corrected chi connectivity index (χ2v) is 11.1. The van der Waals surface area contributed by atoms with E-state index in [1.54, 1.807) is 11.5 Å². The molecule has 13 nitrogen and oxygen atoms in total. The lowest BCUT2D eigenvalue weighted by Crippen LogP contribution is -2.71. The minimum absolute atomic E-state index is 0.105. The van der Waals surface area contributed by atoms with Crippen LogP contribution in [0.2, 0.25) is 0 Å². The Labute approximate surface area is 227 Å². The molecule has 6 N–H and O–H groups in total. The monoisotopic (exact) mass is 573 g/mol. The highest BCUT2D eigenvalue weighted by atomic mass is 32.2. The van der Waals surface area contributed by atoms with Gasteiger partial charge in [0.1, 0.15) is 35.4 Å². The lowest BCUT2D eigenvalue weighted by Gasteiger charge is -2.49. The fourth-order valence-corrected chi connectivity index (χ4v) is 6.61. The number of nitrogens with zero attached hydrogens (tertiary/aromatic N) is 5. The molecule has 5 heterocycles. The summed E-state index contributed by atoms with van der Waals surface area (Å²) in [5.41, 5.74) is 12.7. The third-order valence-corrected chi connectivity index (χ3v) is 8.53. The smallest absolute Gasteiger partial charge is 0.352 e. The number of carbonyl (C=O) groups excluding carboxylic acids is 2. The van der Waals surface area contributed by atoms with Crippen LogP contribution in [0.1, 0.15) is 5.69 Å². The molecular formula is C22H21N8O5S3+. The summed E-state index contributed by atoms with van der Waals surface area (Å²) in [4.78, 5) is 52.3. The number of nitrogens with one attached hydrogen (secondary N) is 1. The maximum Gasteiger partial charge on any atom is 0.352 e. The van der Waals surface area contributed by atoms with Gasteiger partial charge in [-0.25, -0.2) is 14.8 Å². The lowest BCUT2D eigenvalue weighted by atomic mass is 10.0. The number of aromatic nitrogens is 3. The number of amides is 2. The number of thiazole rings is 2. The number of hydrogen-bond acceptors (Lipinski definition) is 12. The molecule has 3 aromatic rings. The summed E-state index contributed by atoms with van der Waals surface area (Å²) >= 11 is 3.88. The minimum atomic E-state index is -1.22. The van der Waals surface area contributed by atoms with Crippen LogP contribution in [-0.2, 0) is 25.8 Å². The third kappa shape index (κ3) is 4.80. The third-order valence-electron chi connectivity index (χ3n) is 5.69. The zero-order chi connectivity index (χ0) is 27.0. The highest BCUT2D eigenvalue weighted by Gasteiger charge is 2.54. The first-order chi connectivity index (χ1) is 18.3. The van der Waals surface area contributed by atoms with Crippen LogP contribution in [0, 0.1) is 0 Å². The average molecular weight is 574 g/mol. The number of nitrogens with two attached hydrogens (primary N) is 2. The van der Waals surface area contributed by atoms with Crippen molar-refractivity contribution >= 4 is 78.4 Å². The number of aliphatic carboxylic acids is 1. The molecule has 2 aliphatic rings. The summed E-state index contributed by atoms with van der Waals surface area (Å²) in [6.07, 6.45) is 7.26. The molecule has 0 aromatic carbocycles. The van der Waals surface area contributed by atoms with E-state index in [1.165, 1.54) is 35.1 Å². The Bertz CT molecular complexity index is 1540. The summed E-state index contributed by atoms with van der Waals surface area (Å²) in [6.45, 7) is 0.466. The van der Waals surface area contributed by atoms with Crippen LogP contribution in [0.15, 0.2) is 52.4 Å². The lowest BCUT2D eigenvalue weighted by molar-refractivity contribution is -0.685. The number of carboxylic acid groups (broad SMARTS) is 1. The Kier molecular flexibility index (Phi) is 7.00. The first kappa shape index (κ1) is 25.6. The van der Waals surface area contributed by atoms with Gasteiger partial charge in [-0.2, -0.15) is 4.57 Å². The van der Waals surface area contributed by atoms with Gasteiger partial charge in [0.2, 0.25) is 0 Å². The molecular weight excluding hydrogens is 552 g/mol. The van der Waals surface area contributed by atoms with Gasteiger partial charge in [-0.3, -0.25) is 14.5 Å². The number of nitrogen functional groups attached to an aromatic ring is 2. The zero-order valence-electron chi connectivity index (χ0n) is 19.7. The predicted molar refractivity (Wildman–Crippen MR) is 143 cm³/mol. The van der Waals surface area contributed by atoms with E-state index in [9.17, 15) is 19.5 Å². The van der Waals surface area contributed by atoms with Crippen molar-refractivity contribution in [2.75, 3.05) is 24.3 Å². The highest BCUT2D eigenvalue weighted by Crippen LogP contribution is 2.40. The van der Waals surface area contributed by atoms with Crippen LogP contribution < -0.4 is 21.4 Å². The summed E-state index contributed by atoms with van der Waals surface area (Å²) < 4.78 is 2.87. The van der Waals surface area contributed by atoms with E-state index in [4.69, 9.17) is 16.3 Å². The molecule has 16 heteroatoms. The summed E-state index contributed by atoms with van der Waals surface area (Å²) in [5, 5.41) is 17.9. The number of allylic oxidation sites excluding steroid dienone is 2. The van der Waals surface area contributed by atoms with E-state index < -0.39 is 29.2 Å². The SMILES string of the molecule is CO/N=C(\C(=O)NC1C(=O)N2C(C(=O)O)=C(C=CC[n+]3ccc4sc(N)nc4c3)CS[C@H]12)c1csc(N)n1. The van der Waals surface area contributed by atoms with E-state index in [2.05, 4.69) is 20.4 Å². The molecule has 2 aliphatic heterocycles. The van der Waals surface area contributed by atoms with Crippen LogP contribution in [0.4, 0.5) is 10.3 Å². The van der Waals surface area contributed by atoms with Crippen LogP contribution in [0.5, 0.6) is 0 Å². The minimum Gasteiger partial charge on any atom is -0.477 e. The number of thioether (sulfide) groups is 1.